The first-order valence-electron chi connectivity index (χ1n) is 1.53. The van der Waals surface area contributed by atoms with Gasteiger partial charge in [0.05, 0.1) is 0 Å². The Hall–Kier alpha value is -0.303. The van der Waals surface area contributed by atoms with Gasteiger partial charge < -0.3 is 4.21 Å². The Bertz CT molecular complexity index is 147. The third-order valence-corrected chi connectivity index (χ3v) is 1.93. The molecule has 0 aromatic carbocycles. The molecule has 9 heteroatoms. The number of hydrogen-bond donors (Lipinski definition) is 2. The fraction of sp³-hybridized carbons (Fsp3) is 0. The van der Waals surface area contributed by atoms with Gasteiger partial charge in [0.1, 0.15) is 0 Å². The number of halogens is 1. The fourth-order valence-electron chi connectivity index (χ4n) is 0.111. The van der Waals surface area contributed by atoms with E-state index in [2.05, 4.69) is 8.84 Å². The molecule has 9 heavy (non-hydrogen) atoms. The van der Waals surface area contributed by atoms with E-state index in [0.29, 0.717) is 0 Å². The summed E-state index contributed by atoms with van der Waals surface area (Å²) in [5.41, 5.74) is 0. The molecule has 0 rings (SSSR count). The second-order valence-electron chi connectivity index (χ2n) is 0.909. The first kappa shape index (κ1) is 8.70. The van der Waals surface area contributed by atoms with Crippen molar-refractivity contribution in [2.75, 3.05) is 0 Å². The summed E-state index contributed by atoms with van der Waals surface area (Å²) in [5.74, 6) is 0. The summed E-state index contributed by atoms with van der Waals surface area (Å²) in [7, 11) is -8.54. The quantitative estimate of drug-likeness (QED) is 0.441. The number of rotatable bonds is 3. The molecule has 0 radical (unpaired) electrons. The third kappa shape index (κ3) is 5.57. The summed E-state index contributed by atoms with van der Waals surface area (Å²) < 4.78 is 35.7. The molecular formula is H2FO6PSi. The van der Waals surface area contributed by atoms with Gasteiger partial charge in [0.25, 0.3) is 0 Å². The molecule has 0 aliphatic carbocycles. The van der Waals surface area contributed by atoms with Gasteiger partial charge in [0.2, 0.25) is 0 Å². The first-order valence-corrected chi connectivity index (χ1v) is 4.29. The highest BCUT2D eigenvalue weighted by Crippen LogP contribution is 2.35. The Morgan fingerprint density at radius 1 is 1.56 bits per heavy atom. The second-order valence-corrected chi connectivity index (χ2v) is 3.27. The van der Waals surface area contributed by atoms with Crippen molar-refractivity contribution in [3.8, 4) is 0 Å². The van der Waals surface area contributed by atoms with Crippen LogP contribution >= 0.6 is 7.82 Å². The maximum atomic E-state index is 10.7. The Labute approximate surface area is 50.3 Å². The molecule has 0 amide bonds. The van der Waals surface area contributed by atoms with E-state index in [-0.39, 0.29) is 0 Å². The summed E-state index contributed by atoms with van der Waals surface area (Å²) in [5, 5.41) is 0. The van der Waals surface area contributed by atoms with E-state index in [4.69, 9.17) is 9.79 Å². The summed E-state index contributed by atoms with van der Waals surface area (Å²) in [4.78, 5) is 15.6. The molecule has 0 unspecified atom stereocenters. The molecule has 0 aromatic heterocycles. The summed E-state index contributed by atoms with van der Waals surface area (Å²) in [6.45, 7) is 0. The van der Waals surface area contributed by atoms with Gasteiger partial charge in [-0.15, -0.1) is 0 Å². The van der Waals surface area contributed by atoms with Gasteiger partial charge in [-0.2, -0.15) is 0 Å². The maximum Gasteiger partial charge on any atom is 0.813 e. The van der Waals surface area contributed by atoms with Gasteiger partial charge in [-0.1, -0.05) is 0 Å². The summed E-state index contributed by atoms with van der Waals surface area (Å²) in [6.07, 6.45) is 0. The van der Waals surface area contributed by atoms with E-state index in [1.54, 1.807) is 0 Å². The van der Waals surface area contributed by atoms with Crippen molar-refractivity contribution in [2.24, 2.45) is 0 Å². The van der Waals surface area contributed by atoms with E-state index in [9.17, 15) is 13.6 Å². The standard InChI is InChI=1S/FH2O6PSi/c1-6-9(5)7-8(2,3)4/h(H2,2,3,4). The van der Waals surface area contributed by atoms with E-state index in [1.165, 1.54) is 0 Å². The molecule has 0 aliphatic heterocycles. The monoisotopic (exact) mass is 176 g/mol. The highest BCUT2D eigenvalue weighted by Gasteiger charge is 2.25. The minimum absolute atomic E-state index is 2.46. The smallest absolute Gasteiger partial charge is 0.406 e. The molecule has 0 fully saturated rings. The van der Waals surface area contributed by atoms with E-state index < -0.39 is 17.0 Å². The van der Waals surface area contributed by atoms with Gasteiger partial charge in [-0.3, -0.25) is 18.9 Å². The molecule has 6 nitrogen and oxygen atoms in total. The van der Waals surface area contributed by atoms with Crippen molar-refractivity contribution in [2.45, 2.75) is 0 Å². The number of hydrogen-bond acceptors (Lipinski definition) is 4. The van der Waals surface area contributed by atoms with Gasteiger partial charge in [-0.05, 0) is 0 Å². The summed E-state index contributed by atoms with van der Waals surface area (Å²) >= 11 is 0. The molecule has 0 saturated heterocycles. The molecule has 0 bridgehead atoms. The van der Waals surface area contributed by atoms with Gasteiger partial charge in [0.15, 0.2) is 0 Å². The maximum absolute atomic E-state index is 10.7. The lowest BCUT2D eigenvalue weighted by atomic mass is 15.6. The molecule has 2 N–H and O–H groups in total. The first-order chi connectivity index (χ1) is 3.95. The molecule has 0 heterocycles. The van der Waals surface area contributed by atoms with Gasteiger partial charge in [0, 0.05) is 4.53 Å². The normalized spacial score (nSPS) is 10.6. The van der Waals surface area contributed by atoms with Crippen molar-refractivity contribution < 1.29 is 32.2 Å². The Morgan fingerprint density at radius 3 is 2.11 bits per heavy atom. The fourth-order valence-corrected chi connectivity index (χ4v) is 1.00. The Balaban J connectivity index is 3.75. The van der Waals surface area contributed by atoms with Crippen LogP contribution in [0.3, 0.4) is 0 Å². The third-order valence-electron chi connectivity index (χ3n) is 0.256. The average molecular weight is 176 g/mol. The molecular weight excluding hydrogens is 174 g/mol. The largest absolute Gasteiger partial charge is 0.813 e. The molecule has 0 saturated carbocycles. The van der Waals surface area contributed by atoms with Crippen LogP contribution in [-0.2, 0) is 17.9 Å². The van der Waals surface area contributed by atoms with Crippen molar-refractivity contribution in [1.29, 1.82) is 0 Å². The van der Waals surface area contributed by atoms with Crippen LogP contribution < -0.4 is 0 Å². The second kappa shape index (κ2) is 3.02. The van der Waals surface area contributed by atoms with E-state index in [0.717, 1.165) is 0 Å². The van der Waals surface area contributed by atoms with E-state index >= 15 is 0 Å². The average Bonchev–Trinajstić information content (AvgIpc) is 1.62. The zero-order valence-corrected chi connectivity index (χ0v) is 5.75. The van der Waals surface area contributed by atoms with Crippen molar-refractivity contribution in [1.82, 2.24) is 0 Å². The zero-order chi connectivity index (χ0) is 7.49. The minimum atomic E-state index is -4.87. The van der Waals surface area contributed by atoms with Crippen LogP contribution in [-0.4, -0.2) is 19.0 Å². The Morgan fingerprint density at radius 2 is 2.00 bits per heavy atom. The van der Waals surface area contributed by atoms with Crippen molar-refractivity contribution >= 4 is 17.0 Å². The Kier molecular flexibility index (Phi) is 2.92. The van der Waals surface area contributed by atoms with Crippen LogP contribution in [0.4, 0.5) is 4.53 Å². The molecule has 0 aromatic rings. The topological polar surface area (TPSA) is 93.1 Å². The predicted octanol–water partition coefficient (Wildman–Crippen LogP) is -0.588. The van der Waals surface area contributed by atoms with Crippen molar-refractivity contribution in [3.05, 3.63) is 0 Å². The van der Waals surface area contributed by atoms with Crippen LogP contribution in [0.25, 0.3) is 0 Å². The van der Waals surface area contributed by atoms with Gasteiger partial charge >= 0.3 is 17.0 Å². The lowest BCUT2D eigenvalue weighted by Crippen LogP contribution is -2.04. The highest BCUT2D eigenvalue weighted by atomic mass is 31.2. The zero-order valence-electron chi connectivity index (χ0n) is 3.85. The van der Waals surface area contributed by atoms with Crippen LogP contribution in [0.15, 0.2) is 0 Å². The van der Waals surface area contributed by atoms with Crippen molar-refractivity contribution in [3.63, 3.8) is 0 Å². The molecule has 0 atom stereocenters. The lowest BCUT2D eigenvalue weighted by Gasteiger charge is -1.98. The number of phosphoric acid groups is 1. The van der Waals surface area contributed by atoms with Gasteiger partial charge in [-0.25, -0.2) is 4.57 Å². The summed E-state index contributed by atoms with van der Waals surface area (Å²) in [6, 6.07) is 0. The SMILES string of the molecule is O=[Si](OF)OP(=O)(O)O. The van der Waals surface area contributed by atoms with E-state index in [1.807, 2.05) is 0 Å². The molecule has 0 spiro atoms. The predicted molar refractivity (Wildman–Crippen MR) is 21.8 cm³/mol. The van der Waals surface area contributed by atoms with Crippen LogP contribution in [0.1, 0.15) is 0 Å². The highest BCUT2D eigenvalue weighted by molar-refractivity contribution is 7.47. The van der Waals surface area contributed by atoms with Crippen LogP contribution in [0.2, 0.25) is 0 Å². The van der Waals surface area contributed by atoms with Crippen LogP contribution in [0, 0.1) is 0 Å². The molecule has 0 aliphatic rings. The lowest BCUT2D eigenvalue weighted by molar-refractivity contribution is -0.0389. The minimum Gasteiger partial charge on any atom is -0.406 e. The molecule has 54 valence electrons. The van der Waals surface area contributed by atoms with Crippen LogP contribution in [0.5, 0.6) is 0 Å².